The molecule has 19 heteroatoms. The van der Waals surface area contributed by atoms with Crippen LogP contribution in [0.1, 0.15) is 285 Å². The number of ether oxygens (including phenoxy) is 4. The summed E-state index contributed by atoms with van der Waals surface area (Å²) >= 11 is 0. The van der Waals surface area contributed by atoms with Crippen LogP contribution in [0.2, 0.25) is 0 Å². The van der Waals surface area contributed by atoms with E-state index in [2.05, 4.69) is 161 Å². The highest BCUT2D eigenvalue weighted by Crippen LogP contribution is 2.45. The second-order valence-corrected chi connectivity index (χ2v) is 28.5. The summed E-state index contributed by atoms with van der Waals surface area (Å²) in [5.41, 5.74) is 0. The summed E-state index contributed by atoms with van der Waals surface area (Å²) in [6.07, 6.45) is 89.5. The van der Waals surface area contributed by atoms with Gasteiger partial charge in [-0.15, -0.1) is 0 Å². The number of hydrogen-bond acceptors (Lipinski definition) is 15. The third-order valence-corrected chi connectivity index (χ3v) is 17.6. The molecule has 0 aromatic carbocycles. The highest BCUT2D eigenvalue weighted by molar-refractivity contribution is 7.47. The highest BCUT2D eigenvalue weighted by atomic mass is 31.2. The molecule has 590 valence electrons. The van der Waals surface area contributed by atoms with Gasteiger partial charge in [-0.3, -0.25) is 37.3 Å². The maximum absolute atomic E-state index is 13.1. The van der Waals surface area contributed by atoms with Crippen molar-refractivity contribution in [3.63, 3.8) is 0 Å². The van der Waals surface area contributed by atoms with Gasteiger partial charge in [0.2, 0.25) is 0 Å². The minimum Gasteiger partial charge on any atom is -0.462 e. The first-order valence-corrected chi connectivity index (χ1v) is 42.4. The fourth-order valence-corrected chi connectivity index (χ4v) is 11.3. The van der Waals surface area contributed by atoms with Crippen LogP contribution in [0, 0.1) is 0 Å². The van der Waals surface area contributed by atoms with Crippen molar-refractivity contribution in [1.29, 1.82) is 0 Å². The molecule has 0 aromatic rings. The zero-order valence-corrected chi connectivity index (χ0v) is 66.2. The van der Waals surface area contributed by atoms with Crippen LogP contribution >= 0.6 is 15.6 Å². The summed E-state index contributed by atoms with van der Waals surface area (Å²) in [5.74, 6) is -2.43. The van der Waals surface area contributed by atoms with E-state index in [-0.39, 0.29) is 25.7 Å². The summed E-state index contributed by atoms with van der Waals surface area (Å²) in [5, 5.41) is 10.6. The highest BCUT2D eigenvalue weighted by Gasteiger charge is 2.30. The summed E-state index contributed by atoms with van der Waals surface area (Å²) in [7, 11) is -10.0. The van der Waals surface area contributed by atoms with E-state index in [0.29, 0.717) is 32.1 Å². The number of carbonyl (C=O) groups is 4. The summed E-state index contributed by atoms with van der Waals surface area (Å²) in [6.45, 7) is 4.38. The van der Waals surface area contributed by atoms with Crippen LogP contribution in [0.25, 0.3) is 0 Å². The molecule has 0 aliphatic carbocycles. The second-order valence-electron chi connectivity index (χ2n) is 25.5. The molecule has 0 aromatic heterocycles. The van der Waals surface area contributed by atoms with Gasteiger partial charge in [0, 0.05) is 19.3 Å². The number of allylic oxidation sites excluding steroid dienone is 27. The van der Waals surface area contributed by atoms with Gasteiger partial charge in [0.25, 0.3) is 0 Å². The van der Waals surface area contributed by atoms with Crippen molar-refractivity contribution in [2.45, 2.75) is 303 Å². The summed E-state index contributed by atoms with van der Waals surface area (Å²) < 4.78 is 68.3. The van der Waals surface area contributed by atoms with E-state index in [4.69, 9.17) is 37.0 Å². The van der Waals surface area contributed by atoms with E-state index in [9.17, 15) is 43.2 Å². The maximum atomic E-state index is 13.1. The lowest BCUT2D eigenvalue weighted by Gasteiger charge is -2.21. The van der Waals surface area contributed by atoms with Crippen LogP contribution in [-0.2, 0) is 65.4 Å². The molecule has 3 N–H and O–H groups in total. The minimum atomic E-state index is -5.02. The van der Waals surface area contributed by atoms with Crippen molar-refractivity contribution < 1.29 is 80.2 Å². The van der Waals surface area contributed by atoms with Crippen LogP contribution in [0.5, 0.6) is 0 Å². The Balaban J connectivity index is 5.48. The molecule has 0 aliphatic heterocycles. The minimum absolute atomic E-state index is 0.0644. The van der Waals surface area contributed by atoms with Gasteiger partial charge < -0.3 is 33.8 Å². The average Bonchev–Trinajstić information content (AvgIpc) is 0.918. The first-order chi connectivity index (χ1) is 50.7. The Kier molecular flexibility index (Phi) is 71.6. The number of carbonyl (C=O) groups excluding carboxylic acids is 4. The SMILES string of the molecule is CC/C=C\C/C=C\C/C=C\C/C=C\C/C=C\CCCC(=O)OCC(COP(=O)(O)OCC(O)COP(=O)(O)OCC(COC(=O)CCCCCCCC/C=C\C/C=C\C/C=C\CCCCC)OC(=O)C/C=C\C/C=C\C/C=C\C/C=C\C/C=C\CC)OC(=O)CCCCCCC/C=C\CCCCCC. The van der Waals surface area contributed by atoms with Gasteiger partial charge in [0.05, 0.1) is 32.8 Å². The van der Waals surface area contributed by atoms with Crippen molar-refractivity contribution in [3.8, 4) is 0 Å². The second kappa shape index (κ2) is 75.6. The van der Waals surface area contributed by atoms with Crippen LogP contribution in [-0.4, -0.2) is 96.7 Å². The van der Waals surface area contributed by atoms with E-state index >= 15 is 0 Å². The Morgan fingerprint density at radius 1 is 0.288 bits per heavy atom. The molecular weight excluding hydrogens is 1350 g/mol. The zero-order chi connectivity index (χ0) is 76.0. The Morgan fingerprint density at radius 3 is 0.923 bits per heavy atom. The molecular formula is C85H138O17P2. The molecule has 0 saturated heterocycles. The first-order valence-electron chi connectivity index (χ1n) is 39.4. The number of phosphoric acid groups is 2. The molecule has 5 atom stereocenters. The molecule has 0 radical (unpaired) electrons. The van der Waals surface area contributed by atoms with Crippen molar-refractivity contribution >= 4 is 39.5 Å². The third kappa shape index (κ3) is 74.7. The lowest BCUT2D eigenvalue weighted by molar-refractivity contribution is -0.161. The number of phosphoric ester groups is 2. The number of hydrogen-bond donors (Lipinski definition) is 3. The van der Waals surface area contributed by atoms with Crippen LogP contribution < -0.4 is 0 Å². The predicted molar refractivity (Wildman–Crippen MR) is 426 cm³/mol. The number of unbranched alkanes of at least 4 members (excludes halogenated alkanes) is 19. The van der Waals surface area contributed by atoms with Crippen molar-refractivity contribution in [3.05, 3.63) is 170 Å². The molecule has 5 unspecified atom stereocenters. The van der Waals surface area contributed by atoms with Crippen molar-refractivity contribution in [2.75, 3.05) is 39.6 Å². The molecule has 0 saturated carbocycles. The van der Waals surface area contributed by atoms with Gasteiger partial charge in [-0.2, -0.15) is 0 Å². The summed E-state index contributed by atoms with van der Waals surface area (Å²) in [4.78, 5) is 72.9. The molecule has 104 heavy (non-hydrogen) atoms. The topological polar surface area (TPSA) is 237 Å². The van der Waals surface area contributed by atoms with Gasteiger partial charge in [-0.05, 0) is 154 Å². The summed E-state index contributed by atoms with van der Waals surface area (Å²) in [6, 6.07) is 0. The molecule has 0 heterocycles. The zero-order valence-electron chi connectivity index (χ0n) is 64.4. The van der Waals surface area contributed by atoms with Crippen LogP contribution in [0.3, 0.4) is 0 Å². The van der Waals surface area contributed by atoms with E-state index in [1.165, 1.54) is 44.9 Å². The Morgan fingerprint density at radius 2 is 0.548 bits per heavy atom. The fourth-order valence-electron chi connectivity index (χ4n) is 9.74. The van der Waals surface area contributed by atoms with Gasteiger partial charge in [0.15, 0.2) is 12.2 Å². The number of aliphatic hydroxyl groups is 1. The van der Waals surface area contributed by atoms with Crippen LogP contribution in [0.15, 0.2) is 170 Å². The lowest BCUT2D eigenvalue weighted by Crippen LogP contribution is -2.30. The maximum Gasteiger partial charge on any atom is 0.472 e. The molecule has 0 aliphatic rings. The number of rotatable bonds is 72. The predicted octanol–water partition coefficient (Wildman–Crippen LogP) is 23.0. The van der Waals surface area contributed by atoms with E-state index in [0.717, 1.165) is 154 Å². The molecule has 0 rings (SSSR count). The quantitative estimate of drug-likeness (QED) is 0.0169. The van der Waals surface area contributed by atoms with Gasteiger partial charge in [0.1, 0.15) is 19.3 Å². The monoisotopic (exact) mass is 1490 g/mol. The lowest BCUT2D eigenvalue weighted by atomic mass is 10.1. The Hall–Kier alpha value is -5.58. The van der Waals surface area contributed by atoms with Crippen molar-refractivity contribution in [2.24, 2.45) is 0 Å². The number of esters is 4. The van der Waals surface area contributed by atoms with Crippen molar-refractivity contribution in [1.82, 2.24) is 0 Å². The normalized spacial score (nSPS) is 14.8. The molecule has 0 spiro atoms. The smallest absolute Gasteiger partial charge is 0.462 e. The van der Waals surface area contributed by atoms with E-state index in [1.807, 2.05) is 24.3 Å². The molecule has 0 fully saturated rings. The van der Waals surface area contributed by atoms with Crippen LogP contribution in [0.4, 0.5) is 0 Å². The van der Waals surface area contributed by atoms with E-state index in [1.54, 1.807) is 12.2 Å². The largest absolute Gasteiger partial charge is 0.472 e. The molecule has 17 nitrogen and oxygen atoms in total. The molecule has 0 amide bonds. The third-order valence-electron chi connectivity index (χ3n) is 15.7. The fraction of sp³-hybridized carbons (Fsp3) is 0.624. The Bertz CT molecular complexity index is 2640. The Labute approximate surface area is 629 Å². The van der Waals surface area contributed by atoms with E-state index < -0.39 is 97.5 Å². The molecule has 0 bridgehead atoms. The standard InChI is InChI=1S/C85H138O17P2/c1-5-9-13-17-21-25-29-33-36-38-39-41-44-47-50-54-58-62-66-70-83(88)96-76-81(102-85(90)72-68-64-60-56-52-48-42-35-31-27-23-19-15-11-7-3)78-100-104(93,94)98-74-79(86)73-97-103(91,92)99-77-80(101-84(89)71-67-63-59-55-51-45-32-28-24-20-16-12-8-4)75-95-82(87)69-65-61-57-53-49-46-43-40-37-34-30-26-22-18-14-10-6-2/h10-11,14-15,21-23,25-28,32-37,39,41-43,46,52-53,56-57,64,68,79-81,86H,5-9,12-13,16-20,24,29-31,38,40,44-45,47-51,54-55,58-63,65-67,69-78H2,1-4H3,(H,91,92)(H,93,94)/b14-10-,15-11-,25-21-,26-22-,27-23-,32-28-,36-33-,37-34-,41-39-,42-35-,46-43-,56-52-,57-53-,68-64-. The number of aliphatic hydroxyl groups excluding tert-OH is 1. The van der Waals surface area contributed by atoms with Gasteiger partial charge in [-0.25, -0.2) is 9.13 Å². The average molecular weight is 1490 g/mol. The van der Waals surface area contributed by atoms with Gasteiger partial charge in [-0.1, -0.05) is 275 Å². The van der Waals surface area contributed by atoms with Gasteiger partial charge >= 0.3 is 39.5 Å². The first kappa shape index (κ1) is 98.4.